The molecule has 0 saturated carbocycles. The van der Waals surface area contributed by atoms with Gasteiger partial charge >= 0.3 is 0 Å². The molecule has 4 aromatic rings. The topological polar surface area (TPSA) is 61.4 Å². The maximum absolute atomic E-state index is 13.0. The van der Waals surface area contributed by atoms with Crippen LogP contribution in [-0.4, -0.2) is 51.9 Å². The molecule has 6 nitrogen and oxygen atoms in total. The zero-order valence-electron chi connectivity index (χ0n) is 19.2. The van der Waals surface area contributed by atoms with Crippen LogP contribution in [-0.2, 0) is 11.2 Å². The highest BCUT2D eigenvalue weighted by Crippen LogP contribution is 2.29. The van der Waals surface area contributed by atoms with Gasteiger partial charge in [-0.3, -0.25) is 9.69 Å². The van der Waals surface area contributed by atoms with Crippen molar-refractivity contribution in [3.63, 3.8) is 0 Å². The number of hydrogen-bond acceptors (Lipinski definition) is 6. The van der Waals surface area contributed by atoms with Crippen LogP contribution in [0, 0.1) is 0 Å². The number of nitrogens with one attached hydrogen (secondary N) is 1. The van der Waals surface area contributed by atoms with Crippen LogP contribution < -0.4 is 5.32 Å². The molecule has 178 valence electrons. The molecule has 0 spiro atoms. The van der Waals surface area contributed by atoms with Gasteiger partial charge in [0.1, 0.15) is 5.82 Å². The van der Waals surface area contributed by atoms with Gasteiger partial charge in [-0.1, -0.05) is 72.3 Å². The van der Waals surface area contributed by atoms with Gasteiger partial charge in [0.15, 0.2) is 5.13 Å². The Bertz CT molecular complexity index is 1200. The van der Waals surface area contributed by atoms with Crippen LogP contribution in [0.25, 0.3) is 0 Å². The average molecular weight is 504 g/mol. The van der Waals surface area contributed by atoms with Crippen molar-refractivity contribution in [3.05, 3.63) is 106 Å². The van der Waals surface area contributed by atoms with Crippen LogP contribution in [0.3, 0.4) is 0 Å². The first-order valence-electron chi connectivity index (χ1n) is 11.6. The van der Waals surface area contributed by atoms with E-state index in [4.69, 9.17) is 11.6 Å². The summed E-state index contributed by atoms with van der Waals surface area (Å²) in [6.45, 7) is 3.07. The fourth-order valence-corrected chi connectivity index (χ4v) is 5.21. The Morgan fingerprint density at radius 1 is 0.943 bits per heavy atom. The van der Waals surface area contributed by atoms with E-state index in [2.05, 4.69) is 68.7 Å². The molecule has 0 bridgehead atoms. The normalized spacial score (nSPS) is 14.3. The third-order valence-electron chi connectivity index (χ3n) is 6.11. The van der Waals surface area contributed by atoms with Crippen LogP contribution in [0.2, 0.25) is 5.02 Å². The lowest BCUT2D eigenvalue weighted by molar-refractivity contribution is -0.132. The number of amides is 1. The Morgan fingerprint density at radius 3 is 2.20 bits per heavy atom. The minimum Gasteiger partial charge on any atom is -0.340 e. The Hall–Kier alpha value is -3.26. The molecule has 1 aliphatic rings. The van der Waals surface area contributed by atoms with Crippen molar-refractivity contribution < 1.29 is 4.79 Å². The van der Waals surface area contributed by atoms with Crippen molar-refractivity contribution in [2.24, 2.45) is 0 Å². The first-order valence-corrected chi connectivity index (χ1v) is 12.9. The second kappa shape index (κ2) is 11.0. The molecule has 1 fully saturated rings. The summed E-state index contributed by atoms with van der Waals surface area (Å²) in [5.74, 6) is 0.784. The van der Waals surface area contributed by atoms with E-state index < -0.39 is 0 Å². The lowest BCUT2D eigenvalue weighted by Crippen LogP contribution is -2.50. The van der Waals surface area contributed by atoms with Gasteiger partial charge in [-0.15, -0.1) is 11.3 Å². The van der Waals surface area contributed by atoms with Gasteiger partial charge in [0.25, 0.3) is 0 Å². The number of rotatable bonds is 7. The number of anilines is 2. The molecule has 0 aliphatic carbocycles. The maximum Gasteiger partial charge on any atom is 0.228 e. The van der Waals surface area contributed by atoms with Crippen LogP contribution in [0.4, 0.5) is 10.9 Å². The van der Waals surface area contributed by atoms with Gasteiger partial charge in [-0.05, 0) is 23.3 Å². The Kier molecular flexibility index (Phi) is 7.37. The molecule has 2 aromatic carbocycles. The van der Waals surface area contributed by atoms with Gasteiger partial charge < -0.3 is 10.2 Å². The Labute approximate surface area is 214 Å². The molecule has 1 aliphatic heterocycles. The summed E-state index contributed by atoms with van der Waals surface area (Å²) < 4.78 is 0. The minimum absolute atomic E-state index is 0.113. The number of halogens is 1. The van der Waals surface area contributed by atoms with E-state index >= 15 is 0 Å². The van der Waals surface area contributed by atoms with Crippen LogP contribution in [0.15, 0.2) is 84.4 Å². The molecular formula is C27H26ClN5OS. The van der Waals surface area contributed by atoms with Crippen molar-refractivity contribution in [3.8, 4) is 0 Å². The average Bonchev–Trinajstić information content (AvgIpc) is 3.34. The summed E-state index contributed by atoms with van der Waals surface area (Å²) in [4.78, 5) is 26.2. The second-order valence-electron chi connectivity index (χ2n) is 8.45. The number of thiazole rings is 1. The first-order chi connectivity index (χ1) is 17.2. The molecule has 8 heteroatoms. The van der Waals surface area contributed by atoms with Gasteiger partial charge in [0.2, 0.25) is 5.91 Å². The van der Waals surface area contributed by atoms with E-state index in [1.807, 2.05) is 22.4 Å². The molecule has 35 heavy (non-hydrogen) atoms. The van der Waals surface area contributed by atoms with E-state index in [0.29, 0.717) is 35.5 Å². The standard InChI is InChI=1S/C27H26ClN5OS/c28-22-11-12-24(29-18-22)31-27-30-23(19-35-27)17-25(34)32-13-15-33(16-14-32)26(20-7-3-1-4-8-20)21-9-5-2-6-10-21/h1-12,18-19,26H,13-17H2,(H,29,30,31). The van der Waals surface area contributed by atoms with E-state index in [0.717, 1.165) is 18.8 Å². The van der Waals surface area contributed by atoms with Crippen LogP contribution >= 0.6 is 22.9 Å². The third kappa shape index (κ3) is 5.88. The van der Waals surface area contributed by atoms with Crippen molar-refractivity contribution in [1.82, 2.24) is 19.8 Å². The monoisotopic (exact) mass is 503 g/mol. The van der Waals surface area contributed by atoms with E-state index in [1.165, 1.54) is 22.5 Å². The van der Waals surface area contributed by atoms with Gasteiger partial charge in [0.05, 0.1) is 23.2 Å². The summed E-state index contributed by atoms with van der Waals surface area (Å²) in [5, 5.41) is 6.38. The number of benzene rings is 2. The number of carbonyl (C=O) groups excluding carboxylic acids is 1. The van der Waals surface area contributed by atoms with Crippen LogP contribution in [0.1, 0.15) is 22.9 Å². The van der Waals surface area contributed by atoms with E-state index in [9.17, 15) is 4.79 Å². The van der Waals surface area contributed by atoms with Gasteiger partial charge in [-0.25, -0.2) is 9.97 Å². The number of aromatic nitrogens is 2. The summed E-state index contributed by atoms with van der Waals surface area (Å²) in [6, 6.07) is 24.9. The predicted molar refractivity (Wildman–Crippen MR) is 141 cm³/mol. The number of pyridine rings is 1. The van der Waals surface area contributed by atoms with Crippen LogP contribution in [0.5, 0.6) is 0 Å². The molecule has 3 heterocycles. The minimum atomic E-state index is 0.113. The Morgan fingerprint density at radius 2 is 1.60 bits per heavy atom. The fourth-order valence-electron chi connectivity index (χ4n) is 4.39. The van der Waals surface area contributed by atoms with Gasteiger partial charge in [0, 0.05) is 37.8 Å². The summed E-state index contributed by atoms with van der Waals surface area (Å²) in [6.07, 6.45) is 1.88. The van der Waals surface area contributed by atoms with Crippen molar-refractivity contribution in [1.29, 1.82) is 0 Å². The fraction of sp³-hybridized carbons (Fsp3) is 0.222. The number of nitrogens with zero attached hydrogens (tertiary/aromatic N) is 4. The SMILES string of the molecule is O=C(Cc1csc(Nc2ccc(Cl)cn2)n1)N1CCN(C(c2ccccc2)c2ccccc2)CC1. The largest absolute Gasteiger partial charge is 0.340 e. The quantitative estimate of drug-likeness (QED) is 0.365. The van der Waals surface area contributed by atoms with Gasteiger partial charge in [-0.2, -0.15) is 0 Å². The molecule has 1 amide bonds. The smallest absolute Gasteiger partial charge is 0.228 e. The Balaban J connectivity index is 1.19. The van der Waals surface area contributed by atoms with Crippen molar-refractivity contribution >= 4 is 39.8 Å². The molecule has 2 aromatic heterocycles. The number of carbonyl (C=O) groups is 1. The molecule has 1 N–H and O–H groups in total. The van der Waals surface area contributed by atoms with Crippen molar-refractivity contribution in [2.75, 3.05) is 31.5 Å². The molecule has 1 saturated heterocycles. The summed E-state index contributed by atoms with van der Waals surface area (Å²) in [7, 11) is 0. The maximum atomic E-state index is 13.0. The molecule has 0 radical (unpaired) electrons. The second-order valence-corrected chi connectivity index (χ2v) is 9.74. The zero-order chi connectivity index (χ0) is 24.0. The lowest BCUT2D eigenvalue weighted by atomic mass is 9.96. The molecule has 0 atom stereocenters. The zero-order valence-corrected chi connectivity index (χ0v) is 20.8. The number of piperazine rings is 1. The molecule has 0 unspecified atom stereocenters. The first kappa shape index (κ1) is 23.5. The van der Waals surface area contributed by atoms with E-state index in [-0.39, 0.29) is 11.9 Å². The molecule has 5 rings (SSSR count). The van der Waals surface area contributed by atoms with Crippen molar-refractivity contribution in [2.45, 2.75) is 12.5 Å². The highest BCUT2D eigenvalue weighted by molar-refractivity contribution is 7.13. The predicted octanol–water partition coefficient (Wildman–Crippen LogP) is 5.41. The molecular weight excluding hydrogens is 478 g/mol. The lowest BCUT2D eigenvalue weighted by Gasteiger charge is -2.39. The summed E-state index contributed by atoms with van der Waals surface area (Å²) >= 11 is 7.35. The summed E-state index contributed by atoms with van der Waals surface area (Å²) in [5.41, 5.74) is 3.32. The highest BCUT2D eigenvalue weighted by atomic mass is 35.5. The van der Waals surface area contributed by atoms with E-state index in [1.54, 1.807) is 18.3 Å². The highest BCUT2D eigenvalue weighted by Gasteiger charge is 2.28. The third-order valence-corrected chi connectivity index (χ3v) is 7.14. The number of hydrogen-bond donors (Lipinski definition) is 1.